The molecule has 1 aromatic heterocycles. The van der Waals surface area contributed by atoms with Gasteiger partial charge in [-0.25, -0.2) is 4.79 Å². The van der Waals surface area contributed by atoms with Gasteiger partial charge in [0, 0.05) is 5.39 Å². The minimum Gasteiger partial charge on any atom is -0.478 e. The molecular formula is C13H16N2O2. The van der Waals surface area contributed by atoms with Crippen LogP contribution in [-0.2, 0) is 0 Å². The number of rotatable bonds is 4. The first-order valence-corrected chi connectivity index (χ1v) is 5.88. The molecule has 0 amide bonds. The third-order valence-corrected chi connectivity index (χ3v) is 3.13. The van der Waals surface area contributed by atoms with Crippen molar-refractivity contribution in [3.8, 4) is 0 Å². The van der Waals surface area contributed by atoms with Crippen molar-refractivity contribution in [3.63, 3.8) is 0 Å². The summed E-state index contributed by atoms with van der Waals surface area (Å²) < 4.78 is 1.99. The zero-order valence-corrected chi connectivity index (χ0v) is 10.1. The van der Waals surface area contributed by atoms with Crippen LogP contribution in [0.3, 0.4) is 0 Å². The second-order valence-corrected chi connectivity index (χ2v) is 4.14. The van der Waals surface area contributed by atoms with Crippen molar-refractivity contribution >= 4 is 16.9 Å². The van der Waals surface area contributed by atoms with Crippen molar-refractivity contribution in [3.05, 3.63) is 30.0 Å². The standard InChI is InChI=1S/C13H16N2O2/c1-3-11(4-2)15-12-6-5-9(13(16)17)7-10(12)8-14-15/h5-8,11H,3-4H2,1-2H3,(H,16,17). The monoisotopic (exact) mass is 232 g/mol. The van der Waals surface area contributed by atoms with Crippen LogP contribution in [0, 0.1) is 0 Å². The predicted molar refractivity (Wildman–Crippen MR) is 66.3 cm³/mol. The molecule has 0 aliphatic heterocycles. The summed E-state index contributed by atoms with van der Waals surface area (Å²) in [7, 11) is 0. The summed E-state index contributed by atoms with van der Waals surface area (Å²) in [6, 6.07) is 5.52. The third kappa shape index (κ3) is 2.02. The molecule has 0 atom stereocenters. The Hall–Kier alpha value is -1.84. The molecule has 0 unspecified atom stereocenters. The van der Waals surface area contributed by atoms with E-state index >= 15 is 0 Å². The van der Waals surface area contributed by atoms with Gasteiger partial charge in [0.1, 0.15) is 0 Å². The summed E-state index contributed by atoms with van der Waals surface area (Å²) in [5, 5.41) is 14.2. The number of carboxylic acids is 1. The van der Waals surface area contributed by atoms with Crippen molar-refractivity contribution < 1.29 is 9.90 Å². The van der Waals surface area contributed by atoms with Gasteiger partial charge in [-0.05, 0) is 31.0 Å². The van der Waals surface area contributed by atoms with E-state index in [4.69, 9.17) is 5.11 Å². The first kappa shape index (κ1) is 11.6. The summed E-state index contributed by atoms with van der Waals surface area (Å²) in [6.45, 7) is 4.26. The highest BCUT2D eigenvalue weighted by Crippen LogP contribution is 2.23. The molecule has 0 fully saturated rings. The van der Waals surface area contributed by atoms with Crippen LogP contribution in [0.15, 0.2) is 24.4 Å². The van der Waals surface area contributed by atoms with Crippen molar-refractivity contribution in [2.24, 2.45) is 0 Å². The SMILES string of the molecule is CCC(CC)n1ncc2cc(C(=O)O)ccc21. The van der Waals surface area contributed by atoms with E-state index in [0.29, 0.717) is 11.6 Å². The molecule has 4 heteroatoms. The van der Waals surface area contributed by atoms with Crippen LogP contribution >= 0.6 is 0 Å². The van der Waals surface area contributed by atoms with Gasteiger partial charge < -0.3 is 5.11 Å². The number of aromatic carboxylic acids is 1. The van der Waals surface area contributed by atoms with E-state index in [1.807, 2.05) is 10.7 Å². The van der Waals surface area contributed by atoms with Crippen molar-refractivity contribution in [1.29, 1.82) is 0 Å². The first-order valence-electron chi connectivity index (χ1n) is 5.88. The minimum atomic E-state index is -0.901. The molecule has 0 aliphatic rings. The number of carbonyl (C=O) groups is 1. The van der Waals surface area contributed by atoms with E-state index in [2.05, 4.69) is 18.9 Å². The van der Waals surface area contributed by atoms with Crippen LogP contribution in [0.25, 0.3) is 10.9 Å². The van der Waals surface area contributed by atoms with Gasteiger partial charge >= 0.3 is 5.97 Å². The zero-order valence-electron chi connectivity index (χ0n) is 10.1. The Labute approximate surface area is 99.9 Å². The third-order valence-electron chi connectivity index (χ3n) is 3.13. The Morgan fingerprint density at radius 1 is 1.41 bits per heavy atom. The van der Waals surface area contributed by atoms with E-state index in [1.54, 1.807) is 18.3 Å². The summed E-state index contributed by atoms with van der Waals surface area (Å²) in [5.74, 6) is -0.901. The molecule has 0 spiro atoms. The number of hydrogen-bond donors (Lipinski definition) is 1. The fourth-order valence-electron chi connectivity index (χ4n) is 2.11. The Morgan fingerprint density at radius 3 is 2.71 bits per heavy atom. The van der Waals surface area contributed by atoms with E-state index in [-0.39, 0.29) is 0 Å². The molecule has 1 N–H and O–H groups in total. The van der Waals surface area contributed by atoms with Gasteiger partial charge in [0.05, 0.1) is 23.3 Å². The Morgan fingerprint density at radius 2 is 2.12 bits per heavy atom. The van der Waals surface area contributed by atoms with Gasteiger partial charge in [-0.1, -0.05) is 13.8 Å². The maximum atomic E-state index is 10.9. The highest BCUT2D eigenvalue weighted by Gasteiger charge is 2.12. The number of aromatic nitrogens is 2. The van der Waals surface area contributed by atoms with Gasteiger partial charge in [-0.15, -0.1) is 0 Å². The molecule has 1 aromatic carbocycles. The van der Waals surface area contributed by atoms with Crippen LogP contribution in [0.4, 0.5) is 0 Å². The largest absolute Gasteiger partial charge is 0.478 e. The lowest BCUT2D eigenvalue weighted by atomic mass is 10.1. The van der Waals surface area contributed by atoms with E-state index in [1.165, 1.54) is 0 Å². The fourth-order valence-corrected chi connectivity index (χ4v) is 2.11. The summed E-state index contributed by atoms with van der Waals surface area (Å²) in [4.78, 5) is 10.9. The number of nitrogens with zero attached hydrogens (tertiary/aromatic N) is 2. The van der Waals surface area contributed by atoms with Gasteiger partial charge in [-0.2, -0.15) is 5.10 Å². The van der Waals surface area contributed by atoms with Gasteiger partial charge in [0.2, 0.25) is 0 Å². The topological polar surface area (TPSA) is 55.1 Å². The summed E-state index contributed by atoms with van der Waals surface area (Å²) in [6.07, 6.45) is 3.78. The summed E-state index contributed by atoms with van der Waals surface area (Å²) >= 11 is 0. The molecule has 2 aromatic rings. The van der Waals surface area contributed by atoms with E-state index < -0.39 is 5.97 Å². The smallest absolute Gasteiger partial charge is 0.335 e. The minimum absolute atomic E-state index is 0.307. The molecule has 90 valence electrons. The molecular weight excluding hydrogens is 216 g/mol. The molecule has 0 radical (unpaired) electrons. The van der Waals surface area contributed by atoms with Gasteiger partial charge in [0.25, 0.3) is 0 Å². The first-order chi connectivity index (χ1) is 8.17. The average Bonchev–Trinajstić information content (AvgIpc) is 2.74. The van der Waals surface area contributed by atoms with Crippen LogP contribution in [-0.4, -0.2) is 20.9 Å². The van der Waals surface area contributed by atoms with Crippen LogP contribution in [0.1, 0.15) is 43.1 Å². The van der Waals surface area contributed by atoms with Gasteiger partial charge in [-0.3, -0.25) is 4.68 Å². The van der Waals surface area contributed by atoms with Crippen LogP contribution in [0.2, 0.25) is 0 Å². The molecule has 4 nitrogen and oxygen atoms in total. The molecule has 1 heterocycles. The number of benzene rings is 1. The maximum Gasteiger partial charge on any atom is 0.335 e. The highest BCUT2D eigenvalue weighted by molar-refractivity contribution is 5.93. The maximum absolute atomic E-state index is 10.9. The summed E-state index contributed by atoms with van der Waals surface area (Å²) in [5.41, 5.74) is 1.31. The number of fused-ring (bicyclic) bond motifs is 1. The second-order valence-electron chi connectivity index (χ2n) is 4.14. The Balaban J connectivity index is 2.51. The molecule has 2 rings (SSSR count). The number of hydrogen-bond acceptors (Lipinski definition) is 2. The number of carboxylic acid groups (broad SMARTS) is 1. The van der Waals surface area contributed by atoms with E-state index in [0.717, 1.165) is 23.7 Å². The quantitative estimate of drug-likeness (QED) is 0.881. The second kappa shape index (κ2) is 4.57. The van der Waals surface area contributed by atoms with Crippen LogP contribution in [0.5, 0.6) is 0 Å². The molecule has 0 saturated carbocycles. The molecule has 0 saturated heterocycles. The zero-order chi connectivity index (χ0) is 12.4. The van der Waals surface area contributed by atoms with Gasteiger partial charge in [0.15, 0.2) is 0 Å². The fraction of sp³-hybridized carbons (Fsp3) is 0.385. The van der Waals surface area contributed by atoms with Crippen molar-refractivity contribution in [2.75, 3.05) is 0 Å². The Kier molecular flexibility index (Phi) is 3.13. The normalized spacial score (nSPS) is 11.2. The molecule has 0 aliphatic carbocycles. The highest BCUT2D eigenvalue weighted by atomic mass is 16.4. The lowest BCUT2D eigenvalue weighted by molar-refractivity contribution is 0.0697. The lowest BCUT2D eigenvalue weighted by Crippen LogP contribution is -2.08. The van der Waals surface area contributed by atoms with Crippen molar-refractivity contribution in [1.82, 2.24) is 9.78 Å². The van der Waals surface area contributed by atoms with E-state index in [9.17, 15) is 4.79 Å². The predicted octanol–water partition coefficient (Wildman–Crippen LogP) is 3.10. The average molecular weight is 232 g/mol. The lowest BCUT2D eigenvalue weighted by Gasteiger charge is -2.14. The molecule has 17 heavy (non-hydrogen) atoms. The van der Waals surface area contributed by atoms with Crippen molar-refractivity contribution in [2.45, 2.75) is 32.7 Å². The van der Waals surface area contributed by atoms with Crippen LogP contribution < -0.4 is 0 Å². The molecule has 0 bridgehead atoms. The Bertz CT molecular complexity index is 541.